The molecule has 0 aliphatic heterocycles. The number of oxazole rings is 1. The van der Waals surface area contributed by atoms with E-state index in [2.05, 4.69) is 15.6 Å². The van der Waals surface area contributed by atoms with E-state index >= 15 is 0 Å². The average molecular weight is 209 g/mol. The van der Waals surface area contributed by atoms with Crippen LogP contribution >= 0.6 is 0 Å². The number of nitrogens with one attached hydrogen (secondary N) is 2. The summed E-state index contributed by atoms with van der Waals surface area (Å²) >= 11 is 0. The van der Waals surface area contributed by atoms with Gasteiger partial charge in [-0.25, -0.2) is 9.78 Å². The van der Waals surface area contributed by atoms with Crippen LogP contribution in [0.3, 0.4) is 0 Å². The molecule has 0 saturated heterocycles. The summed E-state index contributed by atoms with van der Waals surface area (Å²) < 4.78 is 5.31. The zero-order chi connectivity index (χ0) is 10.8. The summed E-state index contributed by atoms with van der Waals surface area (Å²) in [6.45, 7) is 3.67. The SMILES string of the molecule is Cc1cnc(C(C)NC(=O)NC2CC2)o1. The first-order valence-electron chi connectivity index (χ1n) is 5.14. The minimum Gasteiger partial charge on any atom is -0.444 e. The van der Waals surface area contributed by atoms with Crippen molar-refractivity contribution in [1.82, 2.24) is 15.6 Å². The second-order valence-electron chi connectivity index (χ2n) is 3.92. The number of hydrogen-bond donors (Lipinski definition) is 2. The molecule has 2 rings (SSSR count). The van der Waals surface area contributed by atoms with Gasteiger partial charge in [0.1, 0.15) is 11.8 Å². The molecular weight excluding hydrogens is 194 g/mol. The van der Waals surface area contributed by atoms with E-state index in [0.29, 0.717) is 11.9 Å². The predicted molar refractivity (Wildman–Crippen MR) is 54.3 cm³/mol. The molecule has 1 heterocycles. The van der Waals surface area contributed by atoms with Gasteiger partial charge in [-0.2, -0.15) is 0 Å². The summed E-state index contributed by atoms with van der Waals surface area (Å²) in [6, 6.07) is 0.0156. The van der Waals surface area contributed by atoms with Crippen LogP contribution in [-0.2, 0) is 0 Å². The lowest BCUT2D eigenvalue weighted by Crippen LogP contribution is -2.38. The van der Waals surface area contributed by atoms with E-state index < -0.39 is 0 Å². The normalized spacial score (nSPS) is 17.2. The number of carbonyl (C=O) groups is 1. The second kappa shape index (κ2) is 3.92. The Morgan fingerprint density at radius 3 is 2.93 bits per heavy atom. The van der Waals surface area contributed by atoms with Crippen molar-refractivity contribution in [2.75, 3.05) is 0 Å². The molecular formula is C10H15N3O2. The van der Waals surface area contributed by atoms with E-state index in [4.69, 9.17) is 4.42 Å². The maximum Gasteiger partial charge on any atom is 0.315 e. The zero-order valence-corrected chi connectivity index (χ0v) is 8.91. The number of rotatable bonds is 3. The highest BCUT2D eigenvalue weighted by Gasteiger charge is 2.24. The molecule has 2 amide bonds. The summed E-state index contributed by atoms with van der Waals surface area (Å²) in [5, 5.41) is 5.62. The molecule has 82 valence electrons. The van der Waals surface area contributed by atoms with Gasteiger partial charge in [0.15, 0.2) is 0 Å². The molecule has 1 aromatic rings. The minimum absolute atomic E-state index is 0.152. The molecule has 0 bridgehead atoms. The van der Waals surface area contributed by atoms with Crippen LogP contribution in [0.25, 0.3) is 0 Å². The van der Waals surface area contributed by atoms with Gasteiger partial charge in [-0.1, -0.05) is 0 Å². The number of hydrogen-bond acceptors (Lipinski definition) is 3. The fourth-order valence-electron chi connectivity index (χ4n) is 1.29. The van der Waals surface area contributed by atoms with Gasteiger partial charge in [0, 0.05) is 6.04 Å². The summed E-state index contributed by atoms with van der Waals surface area (Å²) in [5.41, 5.74) is 0. The van der Waals surface area contributed by atoms with Gasteiger partial charge in [-0.15, -0.1) is 0 Å². The van der Waals surface area contributed by atoms with Crippen molar-refractivity contribution >= 4 is 6.03 Å². The molecule has 15 heavy (non-hydrogen) atoms. The predicted octanol–water partition coefficient (Wildman–Crippen LogP) is 1.51. The van der Waals surface area contributed by atoms with Gasteiger partial charge in [-0.05, 0) is 26.7 Å². The number of nitrogens with zero attached hydrogens (tertiary/aromatic N) is 1. The Labute approximate surface area is 88.3 Å². The van der Waals surface area contributed by atoms with E-state index in [1.807, 2.05) is 13.8 Å². The van der Waals surface area contributed by atoms with Crippen LogP contribution in [0.1, 0.15) is 37.5 Å². The maximum atomic E-state index is 11.4. The number of carbonyl (C=O) groups excluding carboxylic acids is 1. The van der Waals surface area contributed by atoms with E-state index in [9.17, 15) is 4.79 Å². The van der Waals surface area contributed by atoms with E-state index in [-0.39, 0.29) is 12.1 Å². The van der Waals surface area contributed by atoms with Crippen LogP contribution in [0.15, 0.2) is 10.6 Å². The highest BCUT2D eigenvalue weighted by Crippen LogP contribution is 2.18. The standard InChI is InChI=1S/C10H15N3O2/c1-6-5-11-9(15-6)7(2)12-10(14)13-8-3-4-8/h5,7-8H,3-4H2,1-2H3,(H2,12,13,14). The van der Waals surface area contributed by atoms with Gasteiger partial charge in [-0.3, -0.25) is 0 Å². The molecule has 1 unspecified atom stereocenters. The molecule has 1 aliphatic carbocycles. The Balaban J connectivity index is 1.85. The smallest absolute Gasteiger partial charge is 0.315 e. The van der Waals surface area contributed by atoms with Crippen LogP contribution in [0.4, 0.5) is 4.79 Å². The van der Waals surface area contributed by atoms with Gasteiger partial charge in [0.05, 0.1) is 6.20 Å². The Kier molecular flexibility index (Phi) is 2.62. The summed E-state index contributed by atoms with van der Waals surface area (Å²) in [5.74, 6) is 1.29. The van der Waals surface area contributed by atoms with Crippen LogP contribution in [-0.4, -0.2) is 17.1 Å². The Morgan fingerprint density at radius 1 is 1.67 bits per heavy atom. The van der Waals surface area contributed by atoms with Crippen molar-refractivity contribution in [3.8, 4) is 0 Å². The third-order valence-corrected chi connectivity index (χ3v) is 2.27. The fraction of sp³-hybridized carbons (Fsp3) is 0.600. The second-order valence-corrected chi connectivity index (χ2v) is 3.92. The number of aryl methyl sites for hydroxylation is 1. The van der Waals surface area contributed by atoms with Gasteiger partial charge in [0.25, 0.3) is 0 Å². The lowest BCUT2D eigenvalue weighted by atomic mass is 10.3. The minimum atomic E-state index is -0.197. The lowest BCUT2D eigenvalue weighted by Gasteiger charge is -2.10. The van der Waals surface area contributed by atoms with Crippen LogP contribution in [0, 0.1) is 6.92 Å². The molecule has 2 N–H and O–H groups in total. The molecule has 5 heteroatoms. The summed E-state index contributed by atoms with van der Waals surface area (Å²) in [6.07, 6.45) is 3.81. The molecule has 1 saturated carbocycles. The summed E-state index contributed by atoms with van der Waals surface area (Å²) in [4.78, 5) is 15.4. The van der Waals surface area contributed by atoms with E-state index in [1.54, 1.807) is 6.20 Å². The van der Waals surface area contributed by atoms with Gasteiger partial charge < -0.3 is 15.1 Å². The van der Waals surface area contributed by atoms with Crippen LogP contribution < -0.4 is 10.6 Å². The van der Waals surface area contributed by atoms with Crippen LogP contribution in [0.5, 0.6) is 0 Å². The molecule has 0 aromatic carbocycles. The van der Waals surface area contributed by atoms with E-state index in [1.165, 1.54) is 0 Å². The topological polar surface area (TPSA) is 67.2 Å². The highest BCUT2D eigenvalue weighted by molar-refractivity contribution is 5.74. The van der Waals surface area contributed by atoms with Crippen molar-refractivity contribution in [2.24, 2.45) is 0 Å². The van der Waals surface area contributed by atoms with Crippen LogP contribution in [0.2, 0.25) is 0 Å². The van der Waals surface area contributed by atoms with Crippen molar-refractivity contribution < 1.29 is 9.21 Å². The Morgan fingerprint density at radius 2 is 2.40 bits per heavy atom. The molecule has 1 aromatic heterocycles. The monoisotopic (exact) mass is 209 g/mol. The van der Waals surface area contributed by atoms with E-state index in [0.717, 1.165) is 18.6 Å². The summed E-state index contributed by atoms with van der Waals surface area (Å²) in [7, 11) is 0. The quantitative estimate of drug-likeness (QED) is 0.792. The zero-order valence-electron chi connectivity index (χ0n) is 8.91. The molecule has 5 nitrogen and oxygen atoms in total. The molecule has 1 aliphatic rings. The molecule has 0 spiro atoms. The highest BCUT2D eigenvalue weighted by atomic mass is 16.4. The Hall–Kier alpha value is -1.52. The number of amides is 2. The molecule has 0 radical (unpaired) electrons. The maximum absolute atomic E-state index is 11.4. The first kappa shape index (κ1) is 10.0. The molecule has 1 fully saturated rings. The van der Waals surface area contributed by atoms with Crippen molar-refractivity contribution in [1.29, 1.82) is 0 Å². The average Bonchev–Trinajstić information content (AvgIpc) is 2.85. The Bertz CT molecular complexity index is 357. The third kappa shape index (κ3) is 2.71. The van der Waals surface area contributed by atoms with Crippen molar-refractivity contribution in [3.05, 3.63) is 17.8 Å². The number of urea groups is 1. The largest absolute Gasteiger partial charge is 0.444 e. The van der Waals surface area contributed by atoms with Gasteiger partial charge in [0.2, 0.25) is 5.89 Å². The molecule has 1 atom stereocenters. The fourth-order valence-corrected chi connectivity index (χ4v) is 1.29. The first-order valence-corrected chi connectivity index (χ1v) is 5.14. The van der Waals surface area contributed by atoms with Crippen molar-refractivity contribution in [3.63, 3.8) is 0 Å². The number of aromatic nitrogens is 1. The van der Waals surface area contributed by atoms with Gasteiger partial charge >= 0.3 is 6.03 Å². The lowest BCUT2D eigenvalue weighted by molar-refractivity contribution is 0.235. The third-order valence-electron chi connectivity index (χ3n) is 2.27. The van der Waals surface area contributed by atoms with Crippen molar-refractivity contribution in [2.45, 2.75) is 38.8 Å². The first-order chi connectivity index (χ1) is 7.15.